The zero-order valence-corrected chi connectivity index (χ0v) is 39.0. The fourth-order valence-corrected chi connectivity index (χ4v) is 12.4. The number of aromatic nitrogens is 4. The first-order valence-electron chi connectivity index (χ1n) is 24.6. The molecule has 2 aliphatic heterocycles. The normalized spacial score (nSPS) is 23.2. The lowest BCUT2D eigenvalue weighted by Gasteiger charge is -2.36. The number of fused-ring (bicyclic) bond motifs is 5. The van der Waals surface area contributed by atoms with Crippen LogP contribution in [0.5, 0.6) is 0 Å². The number of amides is 4. The predicted molar refractivity (Wildman–Crippen MR) is 259 cm³/mol. The van der Waals surface area contributed by atoms with Crippen molar-refractivity contribution in [1.29, 1.82) is 0 Å². The molecule has 4 fully saturated rings. The van der Waals surface area contributed by atoms with E-state index in [0.29, 0.717) is 23.0 Å². The van der Waals surface area contributed by atoms with Crippen LogP contribution in [0.3, 0.4) is 0 Å². The maximum absolute atomic E-state index is 14.7. The number of hydrogen-bond donors (Lipinski definition) is 4. The molecule has 14 heteroatoms. The number of aromatic amines is 2. The van der Waals surface area contributed by atoms with Crippen LogP contribution in [0.25, 0.3) is 33.6 Å². The number of carbonyl (C=O) groups excluding carboxylic acids is 4. The molecule has 6 aromatic rings. The zero-order chi connectivity index (χ0) is 47.2. The molecule has 2 saturated carbocycles. The van der Waals surface area contributed by atoms with E-state index in [1.807, 2.05) is 82.9 Å². The first-order chi connectivity index (χ1) is 33.8. The molecule has 4 N–H and O–H groups in total. The van der Waals surface area contributed by atoms with Crippen molar-refractivity contribution < 1.29 is 28.7 Å². The highest BCUT2D eigenvalue weighted by molar-refractivity contribution is 5.89. The van der Waals surface area contributed by atoms with Crippen LogP contribution < -0.4 is 10.6 Å². The van der Waals surface area contributed by atoms with Crippen LogP contribution in [-0.4, -0.2) is 80.0 Å². The maximum Gasteiger partial charge on any atom is 0.407 e. The molecule has 4 aromatic carbocycles. The van der Waals surface area contributed by atoms with E-state index < -0.39 is 24.3 Å². The average molecular weight is 927 g/mol. The van der Waals surface area contributed by atoms with Gasteiger partial charge in [0.2, 0.25) is 0 Å². The molecule has 8 atom stereocenters. The number of ether oxygens (including phenoxy) is 2. The van der Waals surface area contributed by atoms with Crippen LogP contribution in [0.4, 0.5) is 9.59 Å². The molecule has 0 radical (unpaired) electrons. The Morgan fingerprint density at radius 2 is 1.00 bits per heavy atom. The number of hydrogen-bond acceptors (Lipinski definition) is 8. The number of likely N-dealkylation sites (tertiary alicyclic amines) is 2. The second-order valence-electron chi connectivity index (χ2n) is 19.5. The Kier molecular flexibility index (Phi) is 12.0. The quantitative estimate of drug-likeness (QED) is 0.105. The average Bonchev–Trinajstić information content (AvgIpc) is 4.25. The minimum atomic E-state index is -0.889. The van der Waals surface area contributed by atoms with E-state index in [4.69, 9.17) is 19.4 Å². The standard InChI is InChI=1S/C55H58N8O6/c1-68-54(66)60-48(32-13-5-3-6-14-32)52(64)62-44-19-11-9-17-36(44)28-46(62)50-56-30-42(58-50)34-21-23-40-38(25-34)27-39-26-35(22-24-41(39)40)43-31-57-51(59-43)47-29-37-18-10-12-20-45(37)63(47)53(65)49(61-55(67)69-2)33-15-7-4-8-16-33/h3-8,13-16,21-26,30-31,36-37,44-49H,9-12,17-20,27-29H2,1-2H3,(H,56,58)(H,57,59)(H,60,66)(H,61,67)/t36-,37-,44-,45-,46-,47-,48+,49+/m0/s1. The Balaban J connectivity index is 0.828. The highest BCUT2D eigenvalue weighted by Gasteiger charge is 2.50. The van der Waals surface area contributed by atoms with Gasteiger partial charge < -0.3 is 39.9 Å². The maximum atomic E-state index is 14.7. The Hall–Kier alpha value is -7.22. The molecule has 11 rings (SSSR count). The topological polar surface area (TPSA) is 175 Å². The largest absolute Gasteiger partial charge is 0.453 e. The van der Waals surface area contributed by atoms with Crippen LogP contribution in [0.1, 0.15) is 122 Å². The van der Waals surface area contributed by atoms with Crippen molar-refractivity contribution in [3.8, 4) is 33.6 Å². The Morgan fingerprint density at radius 1 is 0.580 bits per heavy atom. The van der Waals surface area contributed by atoms with Gasteiger partial charge in [-0.05, 0) is 113 Å². The van der Waals surface area contributed by atoms with Gasteiger partial charge in [0.05, 0.1) is 50.1 Å². The van der Waals surface area contributed by atoms with Crippen molar-refractivity contribution in [2.24, 2.45) is 11.8 Å². The molecule has 69 heavy (non-hydrogen) atoms. The lowest BCUT2D eigenvalue weighted by atomic mass is 9.84. The summed E-state index contributed by atoms with van der Waals surface area (Å²) >= 11 is 0. The molecule has 354 valence electrons. The van der Waals surface area contributed by atoms with E-state index in [1.54, 1.807) is 0 Å². The van der Waals surface area contributed by atoms with Crippen LogP contribution in [0.2, 0.25) is 0 Å². The van der Waals surface area contributed by atoms with Gasteiger partial charge in [-0.2, -0.15) is 0 Å². The fourth-order valence-electron chi connectivity index (χ4n) is 12.4. The molecule has 14 nitrogen and oxygen atoms in total. The molecule has 3 aliphatic carbocycles. The van der Waals surface area contributed by atoms with Gasteiger partial charge in [0.1, 0.15) is 23.7 Å². The predicted octanol–water partition coefficient (Wildman–Crippen LogP) is 9.90. The summed E-state index contributed by atoms with van der Waals surface area (Å²) in [6.07, 6.45) is 13.2. The lowest BCUT2D eigenvalue weighted by Crippen LogP contribution is -2.47. The van der Waals surface area contributed by atoms with Crippen molar-refractivity contribution in [2.75, 3.05) is 14.2 Å². The van der Waals surface area contributed by atoms with Gasteiger partial charge in [-0.1, -0.05) is 111 Å². The van der Waals surface area contributed by atoms with Crippen molar-refractivity contribution >= 4 is 24.0 Å². The van der Waals surface area contributed by atoms with Crippen molar-refractivity contribution in [3.05, 3.63) is 143 Å². The summed E-state index contributed by atoms with van der Waals surface area (Å²) in [5.41, 5.74) is 10.1. The number of imidazole rings is 2. The monoisotopic (exact) mass is 926 g/mol. The zero-order valence-electron chi connectivity index (χ0n) is 39.0. The van der Waals surface area contributed by atoms with E-state index in [0.717, 1.165) is 105 Å². The van der Waals surface area contributed by atoms with Crippen LogP contribution in [-0.2, 0) is 25.5 Å². The molecular formula is C55H58N8O6. The molecule has 0 spiro atoms. The first kappa shape index (κ1) is 44.3. The van der Waals surface area contributed by atoms with Gasteiger partial charge in [-0.15, -0.1) is 0 Å². The van der Waals surface area contributed by atoms with Crippen LogP contribution in [0, 0.1) is 11.8 Å². The Bertz CT molecular complexity index is 2690. The summed E-state index contributed by atoms with van der Waals surface area (Å²) in [5, 5.41) is 5.66. The molecule has 2 saturated heterocycles. The third kappa shape index (κ3) is 8.33. The van der Waals surface area contributed by atoms with Crippen molar-refractivity contribution in [3.63, 3.8) is 0 Å². The van der Waals surface area contributed by atoms with Crippen molar-refractivity contribution in [2.45, 2.75) is 107 Å². The number of rotatable bonds is 10. The van der Waals surface area contributed by atoms with Crippen molar-refractivity contribution in [1.82, 2.24) is 40.4 Å². The van der Waals surface area contributed by atoms with Crippen LogP contribution >= 0.6 is 0 Å². The van der Waals surface area contributed by atoms with Gasteiger partial charge in [0, 0.05) is 12.1 Å². The van der Waals surface area contributed by atoms with Gasteiger partial charge >= 0.3 is 12.2 Å². The molecule has 0 unspecified atom stereocenters. The second-order valence-corrected chi connectivity index (χ2v) is 19.5. The minimum absolute atomic E-state index is 0.0626. The molecular weight excluding hydrogens is 869 g/mol. The summed E-state index contributed by atoms with van der Waals surface area (Å²) in [5.74, 6) is 1.91. The summed E-state index contributed by atoms with van der Waals surface area (Å²) in [4.78, 5) is 75.7. The fraction of sp³-hybridized carbons (Fsp3) is 0.382. The van der Waals surface area contributed by atoms with E-state index in [1.165, 1.54) is 36.5 Å². The minimum Gasteiger partial charge on any atom is -0.453 e. The third-order valence-electron chi connectivity index (χ3n) is 15.7. The van der Waals surface area contributed by atoms with Gasteiger partial charge in [0.25, 0.3) is 11.8 Å². The van der Waals surface area contributed by atoms with Gasteiger partial charge in [0.15, 0.2) is 0 Å². The number of nitrogens with one attached hydrogen (secondary N) is 4. The summed E-state index contributed by atoms with van der Waals surface area (Å²) in [6.45, 7) is 0. The molecule has 0 bridgehead atoms. The molecule has 4 amide bonds. The second kappa shape index (κ2) is 18.7. The van der Waals surface area contributed by atoms with Gasteiger partial charge in [-0.3, -0.25) is 9.59 Å². The van der Waals surface area contributed by atoms with E-state index in [9.17, 15) is 19.2 Å². The number of benzene rings is 4. The lowest BCUT2D eigenvalue weighted by molar-refractivity contribution is -0.138. The number of H-pyrrole nitrogens is 2. The van der Waals surface area contributed by atoms with Crippen LogP contribution in [0.15, 0.2) is 109 Å². The van der Waals surface area contributed by atoms with Gasteiger partial charge in [-0.25, -0.2) is 19.6 Å². The van der Waals surface area contributed by atoms with E-state index in [2.05, 4.69) is 57.0 Å². The molecule has 4 heterocycles. The summed E-state index contributed by atoms with van der Waals surface area (Å²) in [7, 11) is 2.62. The summed E-state index contributed by atoms with van der Waals surface area (Å²) in [6, 6.07) is 29.7. The number of alkyl carbamates (subject to hydrolysis) is 2. The first-order valence-corrected chi connectivity index (χ1v) is 24.6. The SMILES string of the molecule is COC(=O)N[C@@H](C(=O)N1[C@H](c2ncc(-c3ccc4c(c3)Cc3cc(-c5cnc([C@@H]6C[C@@H]7CCCC[C@@H]7N6C(=O)[C@H](NC(=O)OC)c6ccccc6)[nH]5)ccc3-4)[nH]2)C[C@@H]2CCCC[C@@H]21)c1ccccc1. The number of nitrogens with zero attached hydrogens (tertiary/aromatic N) is 4. The highest BCUT2D eigenvalue weighted by atomic mass is 16.5. The molecule has 2 aromatic heterocycles. The third-order valence-corrected chi connectivity index (χ3v) is 15.7. The number of carbonyl (C=O) groups is 4. The Labute approximate surface area is 401 Å². The number of methoxy groups -OCH3 is 2. The van der Waals surface area contributed by atoms with E-state index >= 15 is 0 Å². The molecule has 5 aliphatic rings. The highest BCUT2D eigenvalue weighted by Crippen LogP contribution is 2.49. The Morgan fingerprint density at radius 3 is 1.42 bits per heavy atom. The smallest absolute Gasteiger partial charge is 0.407 e. The summed E-state index contributed by atoms with van der Waals surface area (Å²) < 4.78 is 9.94. The van der Waals surface area contributed by atoms with E-state index in [-0.39, 0.29) is 36.0 Å².